The SMILES string of the molecule is CCOC(=O)c1nn(Cc2c(F)ccc(F)c2F)c(Cl)c1CCNCC(F)F. The molecule has 154 valence electrons. The van der Waals surface area contributed by atoms with Gasteiger partial charge in [-0.1, -0.05) is 11.6 Å². The summed E-state index contributed by atoms with van der Waals surface area (Å²) >= 11 is 6.19. The maximum Gasteiger partial charge on any atom is 0.359 e. The fourth-order valence-corrected chi connectivity index (χ4v) is 2.74. The molecule has 0 aliphatic carbocycles. The van der Waals surface area contributed by atoms with Gasteiger partial charge >= 0.3 is 5.97 Å². The van der Waals surface area contributed by atoms with E-state index < -0.39 is 48.5 Å². The number of carbonyl (C=O) groups excluding carboxylic acids is 1. The van der Waals surface area contributed by atoms with Crippen molar-refractivity contribution in [3.63, 3.8) is 0 Å². The minimum absolute atomic E-state index is 0.0355. The Hall–Kier alpha value is -2.20. The van der Waals surface area contributed by atoms with Crippen LogP contribution in [-0.2, 0) is 17.7 Å². The normalized spacial score (nSPS) is 11.3. The molecular weight excluding hydrogens is 409 g/mol. The molecule has 0 radical (unpaired) electrons. The molecule has 0 atom stereocenters. The summed E-state index contributed by atoms with van der Waals surface area (Å²) < 4.78 is 71.5. The molecule has 1 aromatic heterocycles. The lowest BCUT2D eigenvalue weighted by molar-refractivity contribution is 0.0517. The van der Waals surface area contributed by atoms with E-state index in [4.69, 9.17) is 16.3 Å². The molecule has 0 saturated heterocycles. The molecule has 0 unspecified atom stereocenters. The van der Waals surface area contributed by atoms with Gasteiger partial charge in [-0.15, -0.1) is 0 Å². The molecule has 2 aromatic rings. The molecule has 5 nitrogen and oxygen atoms in total. The lowest BCUT2D eigenvalue weighted by Crippen LogP contribution is -2.24. The maximum absolute atomic E-state index is 13.9. The van der Waals surface area contributed by atoms with Crippen LogP contribution < -0.4 is 5.32 Å². The van der Waals surface area contributed by atoms with Crippen LogP contribution in [0.25, 0.3) is 0 Å². The highest BCUT2D eigenvalue weighted by Crippen LogP contribution is 2.25. The number of rotatable bonds is 9. The predicted molar refractivity (Wildman–Crippen MR) is 91.2 cm³/mol. The van der Waals surface area contributed by atoms with Crippen LogP contribution in [0.1, 0.15) is 28.5 Å². The standard InChI is InChI=1S/C17H17ClF5N3O2/c1-2-28-17(27)15-9(5-6-24-7-13(21)22)16(18)26(25-15)8-10-11(19)3-4-12(20)14(10)23/h3-4,13,24H,2,5-8H2,1H3. The monoisotopic (exact) mass is 425 g/mol. The Bertz CT molecular complexity index is 845. The van der Waals surface area contributed by atoms with E-state index in [0.29, 0.717) is 6.07 Å². The lowest BCUT2D eigenvalue weighted by atomic mass is 10.1. The zero-order valence-corrected chi connectivity index (χ0v) is 15.5. The van der Waals surface area contributed by atoms with Crippen molar-refractivity contribution in [3.8, 4) is 0 Å². The average Bonchev–Trinajstić information content (AvgIpc) is 2.95. The lowest BCUT2D eigenvalue weighted by Gasteiger charge is -2.08. The van der Waals surface area contributed by atoms with Crippen molar-refractivity contribution >= 4 is 17.6 Å². The van der Waals surface area contributed by atoms with Crippen LogP contribution >= 0.6 is 11.6 Å². The van der Waals surface area contributed by atoms with E-state index >= 15 is 0 Å². The smallest absolute Gasteiger partial charge is 0.359 e. The summed E-state index contributed by atoms with van der Waals surface area (Å²) in [5.41, 5.74) is -0.663. The van der Waals surface area contributed by atoms with Crippen molar-refractivity contribution in [3.05, 3.63) is 51.6 Å². The summed E-state index contributed by atoms with van der Waals surface area (Å²) in [6, 6.07) is 1.40. The molecule has 1 heterocycles. The number of benzene rings is 1. The van der Waals surface area contributed by atoms with Crippen LogP contribution in [0.2, 0.25) is 5.15 Å². The second-order valence-corrected chi connectivity index (χ2v) is 6.02. The fraction of sp³-hybridized carbons (Fsp3) is 0.412. The van der Waals surface area contributed by atoms with Crippen LogP contribution in [0, 0.1) is 17.5 Å². The second kappa shape index (κ2) is 9.83. The highest BCUT2D eigenvalue weighted by molar-refractivity contribution is 6.30. The zero-order valence-electron chi connectivity index (χ0n) is 14.7. The van der Waals surface area contributed by atoms with E-state index in [2.05, 4.69) is 10.4 Å². The van der Waals surface area contributed by atoms with Gasteiger partial charge in [0.25, 0.3) is 6.43 Å². The van der Waals surface area contributed by atoms with Gasteiger partial charge in [-0.05, 0) is 32.0 Å². The highest BCUT2D eigenvalue weighted by Gasteiger charge is 2.24. The summed E-state index contributed by atoms with van der Waals surface area (Å²) in [5, 5.41) is 6.27. The Morgan fingerprint density at radius 3 is 2.57 bits per heavy atom. The molecule has 0 aliphatic heterocycles. The maximum atomic E-state index is 13.9. The number of nitrogens with one attached hydrogen (secondary N) is 1. The predicted octanol–water partition coefficient (Wildman–Crippen LogP) is 3.58. The number of halogens is 6. The largest absolute Gasteiger partial charge is 0.461 e. The van der Waals surface area contributed by atoms with Gasteiger partial charge in [0.15, 0.2) is 17.3 Å². The summed E-state index contributed by atoms with van der Waals surface area (Å²) in [7, 11) is 0. The van der Waals surface area contributed by atoms with Crippen LogP contribution in [-0.4, -0.2) is 41.9 Å². The Balaban J connectivity index is 2.34. The quantitative estimate of drug-likeness (QED) is 0.289. The molecule has 0 saturated carbocycles. The first-order valence-corrected chi connectivity index (χ1v) is 8.67. The van der Waals surface area contributed by atoms with Crippen molar-refractivity contribution in [1.82, 2.24) is 15.1 Å². The first-order valence-electron chi connectivity index (χ1n) is 8.29. The van der Waals surface area contributed by atoms with E-state index in [0.717, 1.165) is 10.7 Å². The number of alkyl halides is 2. The van der Waals surface area contributed by atoms with Crippen LogP contribution in [0.4, 0.5) is 22.0 Å². The van der Waals surface area contributed by atoms with Crippen LogP contribution in [0.5, 0.6) is 0 Å². The van der Waals surface area contributed by atoms with E-state index in [1.807, 2.05) is 0 Å². The van der Waals surface area contributed by atoms with E-state index in [1.54, 1.807) is 6.92 Å². The topological polar surface area (TPSA) is 56.1 Å². The average molecular weight is 426 g/mol. The first-order chi connectivity index (χ1) is 13.3. The molecule has 0 bridgehead atoms. The Kier molecular flexibility index (Phi) is 7.76. The van der Waals surface area contributed by atoms with Gasteiger partial charge in [-0.3, -0.25) is 0 Å². The molecule has 0 amide bonds. The minimum Gasteiger partial charge on any atom is -0.461 e. The Morgan fingerprint density at radius 1 is 1.25 bits per heavy atom. The van der Waals surface area contributed by atoms with Crippen molar-refractivity contribution in [1.29, 1.82) is 0 Å². The number of hydrogen-bond donors (Lipinski definition) is 1. The summed E-state index contributed by atoms with van der Waals surface area (Å²) in [5.74, 6) is -4.48. The Labute approximate surface area is 162 Å². The second-order valence-electron chi connectivity index (χ2n) is 5.66. The molecule has 0 aliphatic rings. The van der Waals surface area contributed by atoms with E-state index in [9.17, 15) is 26.7 Å². The molecule has 28 heavy (non-hydrogen) atoms. The van der Waals surface area contributed by atoms with Crippen molar-refractivity contribution in [2.45, 2.75) is 26.3 Å². The van der Waals surface area contributed by atoms with E-state index in [-0.39, 0.29) is 36.0 Å². The van der Waals surface area contributed by atoms with Gasteiger partial charge in [-0.25, -0.2) is 31.4 Å². The van der Waals surface area contributed by atoms with Gasteiger partial charge in [0.1, 0.15) is 11.0 Å². The third-order valence-electron chi connectivity index (χ3n) is 3.75. The third kappa shape index (κ3) is 5.20. The molecule has 1 N–H and O–H groups in total. The molecule has 2 rings (SSSR count). The fourth-order valence-electron chi connectivity index (χ4n) is 2.46. The van der Waals surface area contributed by atoms with E-state index in [1.165, 1.54) is 0 Å². The number of carbonyl (C=O) groups is 1. The number of esters is 1. The van der Waals surface area contributed by atoms with Gasteiger partial charge in [-0.2, -0.15) is 5.10 Å². The number of nitrogens with zero attached hydrogens (tertiary/aromatic N) is 2. The van der Waals surface area contributed by atoms with Gasteiger partial charge in [0.05, 0.1) is 19.7 Å². The molecule has 0 spiro atoms. The molecular formula is C17H17ClF5N3O2. The molecule has 11 heteroatoms. The van der Waals surface area contributed by atoms with Crippen LogP contribution in [0.15, 0.2) is 12.1 Å². The van der Waals surface area contributed by atoms with Crippen molar-refractivity contribution in [2.75, 3.05) is 19.7 Å². The number of hydrogen-bond acceptors (Lipinski definition) is 4. The third-order valence-corrected chi connectivity index (χ3v) is 4.17. The minimum atomic E-state index is -2.55. The van der Waals surface area contributed by atoms with Gasteiger partial charge in [0.2, 0.25) is 0 Å². The summed E-state index contributed by atoms with van der Waals surface area (Å²) in [6.07, 6.45) is -2.52. The molecule has 0 fully saturated rings. The van der Waals surface area contributed by atoms with Gasteiger partial charge < -0.3 is 10.1 Å². The number of ether oxygens (including phenoxy) is 1. The van der Waals surface area contributed by atoms with Crippen LogP contribution in [0.3, 0.4) is 0 Å². The Morgan fingerprint density at radius 2 is 1.93 bits per heavy atom. The molecule has 1 aromatic carbocycles. The van der Waals surface area contributed by atoms with Crippen molar-refractivity contribution < 1.29 is 31.5 Å². The summed E-state index contributed by atoms with van der Waals surface area (Å²) in [4.78, 5) is 12.1. The summed E-state index contributed by atoms with van der Waals surface area (Å²) in [6.45, 7) is 0.521. The van der Waals surface area contributed by atoms with Gasteiger partial charge in [0, 0.05) is 11.1 Å². The first kappa shape index (κ1) is 22.1. The zero-order chi connectivity index (χ0) is 20.8. The van der Waals surface area contributed by atoms with Crippen molar-refractivity contribution in [2.24, 2.45) is 0 Å². The number of aromatic nitrogens is 2. The highest BCUT2D eigenvalue weighted by atomic mass is 35.5.